The number of hydrogen-bond acceptors (Lipinski definition) is 5. The van der Waals surface area contributed by atoms with Crippen LogP contribution in [0.5, 0.6) is 0 Å². The summed E-state index contributed by atoms with van der Waals surface area (Å²) >= 11 is 5.16. The van der Waals surface area contributed by atoms with Crippen molar-refractivity contribution in [3.05, 3.63) is 81.0 Å². The van der Waals surface area contributed by atoms with Crippen LogP contribution in [-0.2, 0) is 13.5 Å². The van der Waals surface area contributed by atoms with Gasteiger partial charge in [-0.1, -0.05) is 35.5 Å². The zero-order chi connectivity index (χ0) is 22.0. The third kappa shape index (κ3) is 4.34. The summed E-state index contributed by atoms with van der Waals surface area (Å²) in [5.41, 5.74) is 2.69. The molecule has 0 radical (unpaired) electrons. The van der Waals surface area contributed by atoms with Crippen molar-refractivity contribution in [2.75, 3.05) is 13.6 Å². The molecule has 0 aliphatic heterocycles. The number of fused-ring (bicyclic) bond motifs is 1. The van der Waals surface area contributed by atoms with Gasteiger partial charge >= 0.3 is 0 Å². The molecule has 158 valence electrons. The van der Waals surface area contributed by atoms with Gasteiger partial charge in [0.2, 0.25) is 0 Å². The molecule has 4 aromatic rings. The maximum Gasteiger partial charge on any atom is 0.261 e. The number of benzene rings is 2. The predicted molar refractivity (Wildman–Crippen MR) is 122 cm³/mol. The first-order valence-electron chi connectivity index (χ1n) is 9.93. The minimum Gasteiger partial charge on any atom is -0.361 e. The van der Waals surface area contributed by atoms with Crippen LogP contribution >= 0.6 is 12.2 Å². The number of carbonyl (C=O) groups is 1. The fraction of sp³-hybridized carbons (Fsp3) is 0.217. The quantitative estimate of drug-likeness (QED) is 0.465. The van der Waals surface area contributed by atoms with E-state index in [1.54, 1.807) is 37.2 Å². The molecule has 0 spiro atoms. The molecule has 2 heterocycles. The van der Waals surface area contributed by atoms with E-state index in [1.807, 2.05) is 36.4 Å². The fourth-order valence-corrected chi connectivity index (χ4v) is 3.62. The van der Waals surface area contributed by atoms with Crippen LogP contribution < -0.4 is 5.56 Å². The van der Waals surface area contributed by atoms with Crippen molar-refractivity contribution in [1.82, 2.24) is 19.6 Å². The lowest BCUT2D eigenvalue weighted by Gasteiger charge is -2.17. The van der Waals surface area contributed by atoms with Crippen LogP contribution in [0.15, 0.2) is 63.9 Å². The van der Waals surface area contributed by atoms with Gasteiger partial charge in [0, 0.05) is 44.3 Å². The Morgan fingerprint density at radius 2 is 1.97 bits per heavy atom. The van der Waals surface area contributed by atoms with Crippen molar-refractivity contribution in [3.8, 4) is 11.3 Å². The number of hydrogen-bond donors (Lipinski definition) is 1. The highest BCUT2D eigenvalue weighted by Gasteiger charge is 2.14. The Bertz CT molecular complexity index is 1350. The normalized spacial score (nSPS) is 11.0. The molecule has 0 saturated carbocycles. The Morgan fingerprint density at radius 3 is 2.74 bits per heavy atom. The highest BCUT2D eigenvalue weighted by Crippen LogP contribution is 2.19. The van der Waals surface area contributed by atoms with Gasteiger partial charge in [-0.25, -0.2) is 0 Å². The van der Waals surface area contributed by atoms with Gasteiger partial charge in [-0.15, -0.1) is 0 Å². The van der Waals surface area contributed by atoms with Crippen LogP contribution in [0.1, 0.15) is 22.5 Å². The minimum atomic E-state index is -0.187. The van der Waals surface area contributed by atoms with Crippen molar-refractivity contribution < 1.29 is 9.32 Å². The molecule has 0 aliphatic rings. The first-order chi connectivity index (χ1) is 14.9. The lowest BCUT2D eigenvalue weighted by molar-refractivity contribution is 0.0793. The van der Waals surface area contributed by atoms with Gasteiger partial charge in [-0.2, -0.15) is 0 Å². The number of aromatic amines is 1. The zero-order valence-electron chi connectivity index (χ0n) is 17.3. The summed E-state index contributed by atoms with van der Waals surface area (Å²) in [5, 5.41) is 4.62. The smallest absolute Gasteiger partial charge is 0.261 e. The van der Waals surface area contributed by atoms with E-state index in [-0.39, 0.29) is 11.5 Å². The maximum atomic E-state index is 12.8. The third-order valence-electron chi connectivity index (χ3n) is 5.24. The molecule has 1 N–H and O–H groups in total. The first kappa shape index (κ1) is 20.7. The number of amides is 1. The fourth-order valence-electron chi connectivity index (χ4n) is 3.43. The molecule has 0 fully saturated rings. The highest BCUT2D eigenvalue weighted by atomic mass is 32.1. The number of nitrogens with zero attached hydrogens (tertiary/aromatic N) is 3. The van der Waals surface area contributed by atoms with Crippen LogP contribution in [-0.4, -0.2) is 39.1 Å². The van der Waals surface area contributed by atoms with Gasteiger partial charge < -0.3 is 14.4 Å². The molecule has 0 atom stereocenters. The van der Waals surface area contributed by atoms with Crippen molar-refractivity contribution in [3.63, 3.8) is 0 Å². The predicted octanol–water partition coefficient (Wildman–Crippen LogP) is 3.96. The van der Waals surface area contributed by atoms with E-state index in [4.69, 9.17) is 16.7 Å². The molecular weight excluding hydrogens is 412 g/mol. The molecule has 4 rings (SSSR count). The molecule has 2 aromatic heterocycles. The van der Waals surface area contributed by atoms with E-state index >= 15 is 0 Å². The van der Waals surface area contributed by atoms with Crippen LogP contribution in [0.25, 0.3) is 22.2 Å². The van der Waals surface area contributed by atoms with Crippen LogP contribution in [0.2, 0.25) is 0 Å². The molecule has 31 heavy (non-hydrogen) atoms. The number of rotatable bonds is 6. The third-order valence-corrected chi connectivity index (χ3v) is 5.62. The Labute approximate surface area is 183 Å². The number of aromatic nitrogens is 3. The maximum absolute atomic E-state index is 12.8. The van der Waals surface area contributed by atoms with Gasteiger partial charge in [0.05, 0.1) is 10.9 Å². The second kappa shape index (κ2) is 8.69. The van der Waals surface area contributed by atoms with Crippen molar-refractivity contribution in [2.45, 2.75) is 12.8 Å². The van der Waals surface area contributed by atoms with Crippen LogP contribution in [0.4, 0.5) is 0 Å². The van der Waals surface area contributed by atoms with Gasteiger partial charge in [-0.05, 0) is 36.8 Å². The van der Waals surface area contributed by atoms with E-state index in [0.29, 0.717) is 34.2 Å². The Morgan fingerprint density at radius 1 is 1.19 bits per heavy atom. The number of carbonyl (C=O) groups excluding carboxylic acids is 1. The van der Waals surface area contributed by atoms with Crippen molar-refractivity contribution in [1.29, 1.82) is 0 Å². The molecule has 7 nitrogen and oxygen atoms in total. The van der Waals surface area contributed by atoms with Gasteiger partial charge in [0.25, 0.3) is 11.5 Å². The van der Waals surface area contributed by atoms with Crippen LogP contribution in [0.3, 0.4) is 0 Å². The Hall–Kier alpha value is -3.52. The molecule has 2 aromatic carbocycles. The summed E-state index contributed by atoms with van der Waals surface area (Å²) in [4.78, 5) is 29.8. The molecule has 1 amide bonds. The molecule has 0 bridgehead atoms. The Balaban J connectivity index is 1.40. The molecule has 0 aliphatic carbocycles. The SMILES string of the molecule is CN(CCCc1cc(-c2ccccc2)no1)C(=O)c1ccc2c(=O)n(C)c(=S)[nH]c2c1. The number of aryl methyl sites for hydroxylation is 1. The average molecular weight is 435 g/mol. The van der Waals surface area contributed by atoms with Crippen molar-refractivity contribution >= 4 is 29.0 Å². The van der Waals surface area contributed by atoms with E-state index in [1.165, 1.54) is 4.57 Å². The second-order valence-corrected chi connectivity index (χ2v) is 7.82. The highest BCUT2D eigenvalue weighted by molar-refractivity contribution is 7.71. The number of H-pyrrole nitrogens is 1. The largest absolute Gasteiger partial charge is 0.361 e. The monoisotopic (exact) mass is 434 g/mol. The summed E-state index contributed by atoms with van der Waals surface area (Å²) in [6.45, 7) is 0.560. The zero-order valence-corrected chi connectivity index (χ0v) is 18.1. The summed E-state index contributed by atoms with van der Waals surface area (Å²) in [6, 6.07) is 16.8. The van der Waals surface area contributed by atoms with E-state index < -0.39 is 0 Å². The minimum absolute atomic E-state index is 0.121. The van der Waals surface area contributed by atoms with E-state index in [2.05, 4.69) is 10.1 Å². The van der Waals surface area contributed by atoms with Gasteiger partial charge in [0.15, 0.2) is 4.77 Å². The van der Waals surface area contributed by atoms with E-state index in [9.17, 15) is 9.59 Å². The van der Waals surface area contributed by atoms with Gasteiger partial charge in [0.1, 0.15) is 11.5 Å². The van der Waals surface area contributed by atoms with E-state index in [0.717, 1.165) is 23.4 Å². The molecule has 0 unspecified atom stereocenters. The lowest BCUT2D eigenvalue weighted by atomic mass is 10.1. The number of nitrogens with one attached hydrogen (secondary N) is 1. The summed E-state index contributed by atoms with van der Waals surface area (Å²) in [5.74, 6) is 0.665. The van der Waals surface area contributed by atoms with Gasteiger partial charge in [-0.3, -0.25) is 14.2 Å². The lowest BCUT2D eigenvalue weighted by Crippen LogP contribution is -2.28. The summed E-state index contributed by atoms with van der Waals surface area (Å²) < 4.78 is 7.12. The molecule has 0 saturated heterocycles. The summed E-state index contributed by atoms with van der Waals surface area (Å²) in [6.07, 6.45) is 1.42. The summed E-state index contributed by atoms with van der Waals surface area (Å²) in [7, 11) is 3.37. The molecule has 8 heteroatoms. The second-order valence-electron chi connectivity index (χ2n) is 7.43. The first-order valence-corrected chi connectivity index (χ1v) is 10.3. The van der Waals surface area contributed by atoms with Crippen molar-refractivity contribution in [2.24, 2.45) is 7.05 Å². The average Bonchev–Trinajstić information content (AvgIpc) is 3.26. The Kier molecular flexibility index (Phi) is 5.81. The standard InChI is InChI=1S/C23H22N4O3S/c1-26(12-6-9-17-14-19(25-30-17)15-7-4-3-5-8-15)21(28)16-10-11-18-20(13-16)24-23(31)27(2)22(18)29/h3-5,7-8,10-11,13-14H,6,9,12H2,1-2H3,(H,24,31). The topological polar surface area (TPSA) is 84.1 Å². The van der Waals surface area contributed by atoms with Crippen LogP contribution in [0, 0.1) is 4.77 Å². The molecular formula is C23H22N4O3S.